The molecule has 2 N–H and O–H groups in total. The van der Waals surface area contributed by atoms with Gasteiger partial charge in [-0.2, -0.15) is 15.0 Å². The highest BCUT2D eigenvalue weighted by atomic mass is 16.6. The second-order valence-corrected chi connectivity index (χ2v) is 10.8. The molecule has 1 saturated carbocycles. The molecule has 37 heavy (non-hydrogen) atoms. The molecule has 0 aliphatic heterocycles. The molecule has 1 aromatic carbocycles. The molecule has 0 spiro atoms. The highest BCUT2D eigenvalue weighted by Gasteiger charge is 2.55. The minimum Gasteiger partial charge on any atom is -0.442 e. The normalized spacial score (nSPS) is 19.6. The van der Waals surface area contributed by atoms with Crippen LogP contribution in [0.2, 0.25) is 0 Å². The van der Waals surface area contributed by atoms with Crippen molar-refractivity contribution in [1.29, 1.82) is 0 Å². The summed E-state index contributed by atoms with van der Waals surface area (Å²) in [6, 6.07) is 8.71. The first-order valence-corrected chi connectivity index (χ1v) is 12.5. The van der Waals surface area contributed by atoms with E-state index in [4.69, 9.17) is 4.74 Å². The lowest BCUT2D eigenvalue weighted by Gasteiger charge is -2.45. The summed E-state index contributed by atoms with van der Waals surface area (Å²) in [7, 11) is 0. The van der Waals surface area contributed by atoms with Gasteiger partial charge in [0.05, 0.1) is 23.1 Å². The number of benzene rings is 1. The van der Waals surface area contributed by atoms with E-state index in [0.717, 1.165) is 36.9 Å². The molecule has 4 rings (SSSR count). The van der Waals surface area contributed by atoms with Crippen LogP contribution in [0.4, 0.5) is 4.79 Å². The average molecular weight is 507 g/mol. The van der Waals surface area contributed by atoms with Gasteiger partial charge in [0.1, 0.15) is 11.9 Å². The molecular weight excluding hydrogens is 472 g/mol. The van der Waals surface area contributed by atoms with Gasteiger partial charge in [0, 0.05) is 35.3 Å². The van der Waals surface area contributed by atoms with Gasteiger partial charge < -0.3 is 10.1 Å². The molecule has 1 aliphatic rings. The third-order valence-electron chi connectivity index (χ3n) is 6.88. The Balaban J connectivity index is 1.50. The highest BCUT2D eigenvalue weighted by molar-refractivity contribution is 5.99. The molecular formula is C27H34N6O4. The second-order valence-electron chi connectivity index (χ2n) is 10.8. The molecule has 10 nitrogen and oxygen atoms in total. The number of carbonyl (C=O) groups excluding carboxylic acids is 3. The maximum atomic E-state index is 12.9. The molecule has 0 radical (unpaired) electrons. The second kappa shape index (κ2) is 10.2. The van der Waals surface area contributed by atoms with Gasteiger partial charge in [-0.05, 0) is 63.4 Å². The third-order valence-corrected chi connectivity index (χ3v) is 6.88. The lowest BCUT2D eigenvalue weighted by Crippen LogP contribution is -2.51. The fourth-order valence-corrected chi connectivity index (χ4v) is 5.01. The van der Waals surface area contributed by atoms with Crippen molar-refractivity contribution in [1.82, 2.24) is 25.0 Å². The number of rotatable bonds is 7. The Bertz CT molecular complexity index is 1270. The molecule has 196 valence electrons. The predicted molar refractivity (Wildman–Crippen MR) is 138 cm³/mol. The van der Waals surface area contributed by atoms with Gasteiger partial charge in [0.25, 0.3) is 5.91 Å². The minimum absolute atomic E-state index is 0.0288. The number of nitrogens with one attached hydrogen (secondary N) is 2. The molecule has 1 aliphatic carbocycles. The Morgan fingerprint density at radius 1 is 1.19 bits per heavy atom. The first-order chi connectivity index (χ1) is 17.5. The van der Waals surface area contributed by atoms with Gasteiger partial charge in [0.2, 0.25) is 0 Å². The van der Waals surface area contributed by atoms with Gasteiger partial charge in [-0.25, -0.2) is 14.9 Å². The SMILES string of the molecule is CC(C)NC(=O)OC1(C(C)(C)C)CCCC1c1ccn(NC(=O)c2cnn(-c3ccc(C=O)cc3)c2)n1. The highest BCUT2D eigenvalue weighted by Crippen LogP contribution is 2.54. The Labute approximate surface area is 216 Å². The molecule has 2 amide bonds. The zero-order valence-electron chi connectivity index (χ0n) is 21.9. The van der Waals surface area contributed by atoms with Crippen LogP contribution in [-0.4, -0.2) is 49.6 Å². The van der Waals surface area contributed by atoms with E-state index < -0.39 is 11.7 Å². The number of nitrogens with zero attached hydrogens (tertiary/aromatic N) is 4. The number of hydrogen-bond acceptors (Lipinski definition) is 6. The maximum Gasteiger partial charge on any atom is 0.407 e. The molecule has 0 saturated heterocycles. The van der Waals surface area contributed by atoms with Crippen molar-refractivity contribution in [2.75, 3.05) is 5.43 Å². The Kier molecular flexibility index (Phi) is 7.20. The van der Waals surface area contributed by atoms with Crippen LogP contribution in [0.1, 0.15) is 86.2 Å². The average Bonchev–Trinajstić information content (AvgIpc) is 3.58. The minimum atomic E-state index is -0.726. The molecule has 3 aromatic rings. The first-order valence-electron chi connectivity index (χ1n) is 12.5. The summed E-state index contributed by atoms with van der Waals surface area (Å²) in [5.74, 6) is -0.480. The standard InChI is InChI=1S/C27H34N6O4/c1-18(2)29-25(36)37-27(26(3,4)5)13-6-7-22(27)23-12-14-33(30-23)31-24(35)20-15-28-32(16-20)21-10-8-19(17-34)9-11-21/h8-12,14-18,22H,6-7,13H2,1-5H3,(H,29,36)(H,31,35). The van der Waals surface area contributed by atoms with E-state index in [-0.39, 0.29) is 23.3 Å². The van der Waals surface area contributed by atoms with E-state index >= 15 is 0 Å². The lowest BCUT2D eigenvalue weighted by atomic mass is 9.69. The maximum absolute atomic E-state index is 12.9. The van der Waals surface area contributed by atoms with Gasteiger partial charge >= 0.3 is 6.09 Å². The fraction of sp³-hybridized carbons (Fsp3) is 0.444. The zero-order chi connectivity index (χ0) is 26.8. The quantitative estimate of drug-likeness (QED) is 0.457. The van der Waals surface area contributed by atoms with Gasteiger partial charge in [-0.1, -0.05) is 20.8 Å². The van der Waals surface area contributed by atoms with Crippen molar-refractivity contribution in [3.8, 4) is 5.69 Å². The van der Waals surface area contributed by atoms with E-state index in [2.05, 4.69) is 41.7 Å². The molecule has 1 fully saturated rings. The number of amides is 2. The molecule has 2 heterocycles. The Morgan fingerprint density at radius 3 is 2.57 bits per heavy atom. The summed E-state index contributed by atoms with van der Waals surface area (Å²) < 4.78 is 7.71. The van der Waals surface area contributed by atoms with Crippen LogP contribution >= 0.6 is 0 Å². The summed E-state index contributed by atoms with van der Waals surface area (Å²) in [6.45, 7) is 10.0. The first kappa shape index (κ1) is 26.1. The molecule has 2 aromatic heterocycles. The number of carbonyl (C=O) groups is 3. The number of alkyl carbamates (subject to hydrolysis) is 1. The Hall–Kier alpha value is -3.95. The Morgan fingerprint density at radius 2 is 1.92 bits per heavy atom. The largest absolute Gasteiger partial charge is 0.442 e. The summed E-state index contributed by atoms with van der Waals surface area (Å²) >= 11 is 0. The van der Waals surface area contributed by atoms with Gasteiger partial charge in [-0.15, -0.1) is 0 Å². The molecule has 0 bridgehead atoms. The van der Waals surface area contributed by atoms with E-state index in [1.165, 1.54) is 11.0 Å². The van der Waals surface area contributed by atoms with E-state index in [0.29, 0.717) is 11.1 Å². The van der Waals surface area contributed by atoms with Crippen molar-refractivity contribution in [3.05, 3.63) is 65.7 Å². The topological polar surface area (TPSA) is 120 Å². The van der Waals surface area contributed by atoms with Crippen LogP contribution in [0.5, 0.6) is 0 Å². The zero-order valence-corrected chi connectivity index (χ0v) is 21.9. The predicted octanol–water partition coefficient (Wildman–Crippen LogP) is 4.45. The van der Waals surface area contributed by atoms with Crippen LogP contribution in [0.25, 0.3) is 5.69 Å². The van der Waals surface area contributed by atoms with Crippen LogP contribution in [0.15, 0.2) is 48.9 Å². The fourth-order valence-electron chi connectivity index (χ4n) is 5.01. The van der Waals surface area contributed by atoms with Crippen molar-refractivity contribution in [2.45, 2.75) is 71.4 Å². The van der Waals surface area contributed by atoms with E-state index in [9.17, 15) is 14.4 Å². The number of ether oxygens (including phenoxy) is 1. The van der Waals surface area contributed by atoms with Gasteiger partial charge in [-0.3, -0.25) is 9.59 Å². The molecule has 10 heteroatoms. The summed E-state index contributed by atoms with van der Waals surface area (Å²) in [4.78, 5) is 37.8. The number of aromatic nitrogens is 4. The van der Waals surface area contributed by atoms with Crippen LogP contribution in [0.3, 0.4) is 0 Å². The number of hydrogen-bond donors (Lipinski definition) is 2. The van der Waals surface area contributed by atoms with E-state index in [1.807, 2.05) is 19.9 Å². The van der Waals surface area contributed by atoms with Crippen molar-refractivity contribution >= 4 is 18.3 Å². The summed E-state index contributed by atoms with van der Waals surface area (Å²) in [6.07, 6.45) is 7.58. The smallest absolute Gasteiger partial charge is 0.407 e. The van der Waals surface area contributed by atoms with Gasteiger partial charge in [0.15, 0.2) is 0 Å². The summed E-state index contributed by atoms with van der Waals surface area (Å²) in [5.41, 5.74) is 4.12. The van der Waals surface area contributed by atoms with Crippen molar-refractivity contribution in [2.24, 2.45) is 5.41 Å². The van der Waals surface area contributed by atoms with Crippen LogP contribution in [0, 0.1) is 5.41 Å². The molecule has 2 atom stereocenters. The molecule has 2 unspecified atom stereocenters. The summed E-state index contributed by atoms with van der Waals surface area (Å²) in [5, 5.41) is 11.7. The van der Waals surface area contributed by atoms with Crippen molar-refractivity contribution in [3.63, 3.8) is 0 Å². The van der Waals surface area contributed by atoms with Crippen molar-refractivity contribution < 1.29 is 19.1 Å². The third kappa shape index (κ3) is 5.42. The number of aldehydes is 1. The lowest BCUT2D eigenvalue weighted by molar-refractivity contribution is -0.0768. The van der Waals surface area contributed by atoms with E-state index in [1.54, 1.807) is 41.3 Å². The van der Waals surface area contributed by atoms with Crippen LogP contribution in [-0.2, 0) is 4.74 Å². The van der Waals surface area contributed by atoms with Crippen LogP contribution < -0.4 is 10.7 Å². The monoisotopic (exact) mass is 506 g/mol.